The molecule has 0 aromatic heterocycles. The van der Waals surface area contributed by atoms with Gasteiger partial charge in [0, 0.05) is 30.4 Å². The first-order chi connectivity index (χ1) is 18.8. The molecule has 2 aliphatic rings. The number of amides is 4. The number of methoxy groups -OCH3 is 1. The molecule has 208 valence electrons. The highest BCUT2D eigenvalue weighted by Gasteiger charge is 2.44. The van der Waals surface area contributed by atoms with Crippen LogP contribution in [0, 0.1) is 11.7 Å². The van der Waals surface area contributed by atoms with E-state index in [2.05, 4.69) is 10.6 Å². The lowest BCUT2D eigenvalue weighted by molar-refractivity contribution is -0.138. The van der Waals surface area contributed by atoms with Crippen molar-refractivity contribution in [2.24, 2.45) is 5.92 Å². The van der Waals surface area contributed by atoms with Gasteiger partial charge in [0.25, 0.3) is 11.8 Å². The van der Waals surface area contributed by atoms with Gasteiger partial charge in [-0.2, -0.15) is 0 Å². The monoisotopic (exact) mass is 540 g/mol. The van der Waals surface area contributed by atoms with Crippen molar-refractivity contribution in [1.82, 2.24) is 15.1 Å². The Labute approximate surface area is 226 Å². The number of hydrogen-bond donors (Lipinski definition) is 3. The van der Waals surface area contributed by atoms with E-state index in [0.29, 0.717) is 11.4 Å². The molecular weight excluding hydrogens is 507 g/mol. The number of carbonyl (C=O) groups is 4. The Hall–Kier alpha value is -4.15. The molecule has 39 heavy (non-hydrogen) atoms. The van der Waals surface area contributed by atoms with Crippen molar-refractivity contribution in [3.05, 3.63) is 59.9 Å². The maximum atomic E-state index is 13.9. The molecule has 0 radical (unpaired) electrons. The standard InChI is InChI=1S/C28H33FN4O6/c1-39-22-12-10-21(11-13-22)30-28(38)33-15-14-32(27(37)19-8-5-9-20(29)16-19)26(33)25(36)31-23(17-24(34)35)18-6-3-2-4-7-18/h5,8-13,16,18,23,26H,2-4,6-7,14-15,17H2,1H3,(H,30,38)(H,31,36)(H,34,35). The summed E-state index contributed by atoms with van der Waals surface area (Å²) < 4.78 is 19.0. The van der Waals surface area contributed by atoms with Gasteiger partial charge in [-0.1, -0.05) is 25.3 Å². The number of carboxylic acid groups (broad SMARTS) is 1. The van der Waals surface area contributed by atoms with Crippen molar-refractivity contribution in [3.63, 3.8) is 0 Å². The first-order valence-corrected chi connectivity index (χ1v) is 13.1. The number of ether oxygens (including phenoxy) is 1. The average Bonchev–Trinajstić information content (AvgIpc) is 3.38. The van der Waals surface area contributed by atoms with Crippen molar-refractivity contribution in [3.8, 4) is 5.75 Å². The summed E-state index contributed by atoms with van der Waals surface area (Å²) in [5.41, 5.74) is 0.500. The van der Waals surface area contributed by atoms with E-state index in [4.69, 9.17) is 4.74 Å². The molecule has 2 fully saturated rings. The van der Waals surface area contributed by atoms with Crippen molar-refractivity contribution in [2.75, 3.05) is 25.5 Å². The third-order valence-corrected chi connectivity index (χ3v) is 7.28. The zero-order chi connectivity index (χ0) is 27.9. The van der Waals surface area contributed by atoms with Crippen molar-refractivity contribution in [1.29, 1.82) is 0 Å². The van der Waals surface area contributed by atoms with Crippen LogP contribution in [-0.4, -0.2) is 71.1 Å². The van der Waals surface area contributed by atoms with Crippen LogP contribution in [0.15, 0.2) is 48.5 Å². The fraction of sp³-hybridized carbons (Fsp3) is 0.429. The number of carbonyl (C=O) groups excluding carboxylic acids is 3. The quantitative estimate of drug-likeness (QED) is 0.469. The fourth-order valence-electron chi connectivity index (χ4n) is 5.31. The van der Waals surface area contributed by atoms with Gasteiger partial charge in [-0.25, -0.2) is 9.18 Å². The van der Waals surface area contributed by atoms with Crippen LogP contribution in [0.3, 0.4) is 0 Å². The number of nitrogens with zero attached hydrogens (tertiary/aromatic N) is 2. The summed E-state index contributed by atoms with van der Waals surface area (Å²) >= 11 is 0. The van der Waals surface area contributed by atoms with E-state index in [1.54, 1.807) is 24.3 Å². The predicted octanol–water partition coefficient (Wildman–Crippen LogP) is 3.69. The zero-order valence-electron chi connectivity index (χ0n) is 21.8. The lowest BCUT2D eigenvalue weighted by Crippen LogP contribution is -2.57. The molecule has 10 nitrogen and oxygen atoms in total. The van der Waals surface area contributed by atoms with E-state index in [1.807, 2.05) is 0 Å². The zero-order valence-corrected chi connectivity index (χ0v) is 21.8. The molecule has 1 heterocycles. The highest BCUT2D eigenvalue weighted by molar-refractivity contribution is 6.00. The van der Waals surface area contributed by atoms with E-state index in [1.165, 1.54) is 35.1 Å². The second-order valence-electron chi connectivity index (χ2n) is 9.85. The SMILES string of the molecule is COc1ccc(NC(=O)N2CCN(C(=O)c3cccc(F)c3)C2C(=O)NC(CC(=O)O)C2CCCCC2)cc1. The van der Waals surface area contributed by atoms with Crippen LogP contribution < -0.4 is 15.4 Å². The summed E-state index contributed by atoms with van der Waals surface area (Å²) in [5.74, 6) is -2.33. The Bertz CT molecular complexity index is 1200. The summed E-state index contributed by atoms with van der Waals surface area (Å²) in [6, 6.07) is 10.5. The summed E-state index contributed by atoms with van der Waals surface area (Å²) in [5, 5.41) is 15.1. The van der Waals surface area contributed by atoms with Crippen molar-refractivity contribution in [2.45, 2.75) is 50.7 Å². The van der Waals surface area contributed by atoms with Gasteiger partial charge in [0.2, 0.25) is 0 Å². The van der Waals surface area contributed by atoms with Gasteiger partial charge in [0.05, 0.1) is 13.5 Å². The minimum absolute atomic E-state index is 0.0193. The van der Waals surface area contributed by atoms with E-state index in [9.17, 15) is 28.7 Å². The molecular formula is C28H33FN4O6. The van der Waals surface area contributed by atoms with Crippen LogP contribution in [0.4, 0.5) is 14.9 Å². The number of aliphatic carboxylic acids is 1. The molecule has 2 aromatic rings. The van der Waals surface area contributed by atoms with Gasteiger partial charge in [-0.3, -0.25) is 19.3 Å². The maximum Gasteiger partial charge on any atom is 0.323 e. The average molecular weight is 541 g/mol. The summed E-state index contributed by atoms with van der Waals surface area (Å²) in [6.07, 6.45) is 2.91. The fourth-order valence-corrected chi connectivity index (χ4v) is 5.31. The number of benzene rings is 2. The van der Waals surface area contributed by atoms with Gasteiger partial charge < -0.3 is 25.4 Å². The summed E-state index contributed by atoms with van der Waals surface area (Å²) in [6.45, 7) is 0.0879. The van der Waals surface area contributed by atoms with Gasteiger partial charge in [0.15, 0.2) is 6.17 Å². The molecule has 2 unspecified atom stereocenters. The Balaban J connectivity index is 1.59. The molecule has 1 aliphatic heterocycles. The Morgan fingerprint density at radius 1 is 1.03 bits per heavy atom. The molecule has 1 aliphatic carbocycles. The highest BCUT2D eigenvalue weighted by Crippen LogP contribution is 2.29. The normalized spacial score (nSPS) is 18.4. The van der Waals surface area contributed by atoms with Crippen LogP contribution in [0.1, 0.15) is 48.9 Å². The third-order valence-electron chi connectivity index (χ3n) is 7.28. The first-order valence-electron chi connectivity index (χ1n) is 13.1. The Morgan fingerprint density at radius 2 is 1.72 bits per heavy atom. The van der Waals surface area contributed by atoms with E-state index >= 15 is 0 Å². The first kappa shape index (κ1) is 27.9. The third kappa shape index (κ3) is 6.84. The minimum Gasteiger partial charge on any atom is -0.497 e. The van der Waals surface area contributed by atoms with E-state index in [-0.39, 0.29) is 31.0 Å². The van der Waals surface area contributed by atoms with Crippen molar-refractivity contribution >= 4 is 29.5 Å². The summed E-state index contributed by atoms with van der Waals surface area (Å²) in [7, 11) is 1.52. The highest BCUT2D eigenvalue weighted by atomic mass is 19.1. The van der Waals surface area contributed by atoms with Gasteiger partial charge >= 0.3 is 12.0 Å². The van der Waals surface area contributed by atoms with E-state index in [0.717, 1.165) is 38.2 Å². The molecule has 4 rings (SSSR count). The molecule has 4 amide bonds. The van der Waals surface area contributed by atoms with Gasteiger partial charge in [-0.05, 0) is 61.2 Å². The largest absolute Gasteiger partial charge is 0.497 e. The van der Waals surface area contributed by atoms with Crippen LogP contribution in [-0.2, 0) is 9.59 Å². The Kier molecular flexibility index (Phi) is 9.00. The molecule has 0 spiro atoms. The number of rotatable bonds is 8. The second-order valence-corrected chi connectivity index (χ2v) is 9.85. The topological polar surface area (TPSA) is 128 Å². The van der Waals surface area contributed by atoms with Crippen LogP contribution >= 0.6 is 0 Å². The number of urea groups is 1. The van der Waals surface area contributed by atoms with Gasteiger partial charge in [0.1, 0.15) is 11.6 Å². The van der Waals surface area contributed by atoms with Crippen LogP contribution in [0.25, 0.3) is 0 Å². The number of nitrogens with one attached hydrogen (secondary N) is 2. The minimum atomic E-state index is -1.35. The van der Waals surface area contributed by atoms with Crippen LogP contribution in [0.2, 0.25) is 0 Å². The molecule has 0 bridgehead atoms. The molecule has 1 saturated carbocycles. The number of hydrogen-bond acceptors (Lipinski definition) is 5. The molecule has 3 N–H and O–H groups in total. The number of anilines is 1. The molecule has 2 aromatic carbocycles. The van der Waals surface area contributed by atoms with Crippen LogP contribution in [0.5, 0.6) is 5.75 Å². The second kappa shape index (κ2) is 12.6. The maximum absolute atomic E-state index is 13.9. The van der Waals surface area contributed by atoms with Gasteiger partial charge in [-0.15, -0.1) is 0 Å². The smallest absolute Gasteiger partial charge is 0.323 e. The van der Waals surface area contributed by atoms with E-state index < -0.39 is 41.8 Å². The molecule has 11 heteroatoms. The number of halogens is 1. The number of carboxylic acids is 1. The summed E-state index contributed by atoms with van der Waals surface area (Å²) in [4.78, 5) is 54.5. The Morgan fingerprint density at radius 3 is 2.36 bits per heavy atom. The predicted molar refractivity (Wildman–Crippen MR) is 141 cm³/mol. The lowest BCUT2D eigenvalue weighted by Gasteiger charge is -2.34. The molecule has 2 atom stereocenters. The molecule has 1 saturated heterocycles. The lowest BCUT2D eigenvalue weighted by atomic mass is 9.82. The van der Waals surface area contributed by atoms with Crippen molar-refractivity contribution < 1.29 is 33.4 Å².